The van der Waals surface area contributed by atoms with E-state index < -0.39 is 0 Å². The van der Waals surface area contributed by atoms with E-state index in [9.17, 15) is 4.79 Å². The Morgan fingerprint density at radius 1 is 1.47 bits per heavy atom. The van der Waals surface area contributed by atoms with Gasteiger partial charge in [-0.05, 0) is 25.8 Å². The molecule has 1 fully saturated rings. The van der Waals surface area contributed by atoms with Crippen molar-refractivity contribution in [2.75, 3.05) is 5.75 Å². The quantitative estimate of drug-likeness (QED) is 0.889. The number of thioether (sulfide) groups is 1. The van der Waals surface area contributed by atoms with Crippen LogP contribution in [-0.2, 0) is 4.79 Å². The third-order valence-corrected chi connectivity index (χ3v) is 4.75. The summed E-state index contributed by atoms with van der Waals surface area (Å²) < 4.78 is 0. The Morgan fingerprint density at radius 3 is 2.79 bits per heavy atom. The van der Waals surface area contributed by atoms with Crippen molar-refractivity contribution >= 4 is 17.7 Å². The molecule has 1 aromatic carbocycles. The molecule has 0 spiro atoms. The number of hydrogen-bond acceptors (Lipinski definition) is 3. The van der Waals surface area contributed by atoms with E-state index in [0.29, 0.717) is 0 Å². The van der Waals surface area contributed by atoms with E-state index in [2.05, 4.69) is 48.7 Å². The van der Waals surface area contributed by atoms with Crippen LogP contribution in [0.15, 0.2) is 24.3 Å². The van der Waals surface area contributed by atoms with Crippen molar-refractivity contribution in [1.82, 2.24) is 10.6 Å². The lowest BCUT2D eigenvalue weighted by Gasteiger charge is -2.16. The molecule has 19 heavy (non-hydrogen) atoms. The van der Waals surface area contributed by atoms with Crippen molar-refractivity contribution in [3.63, 3.8) is 0 Å². The third kappa shape index (κ3) is 3.74. The number of amides is 1. The second kappa shape index (κ2) is 6.44. The number of carbonyl (C=O) groups is 1. The highest BCUT2D eigenvalue weighted by Crippen LogP contribution is 2.32. The minimum atomic E-state index is -0.0784. The molecule has 2 rings (SSSR count). The normalized spacial score (nSPS) is 24.2. The van der Waals surface area contributed by atoms with Crippen molar-refractivity contribution in [1.29, 1.82) is 0 Å². The molecule has 0 aromatic heterocycles. The SMILES string of the molecule is CCC(C)NC(=O)C1CSC(c2ccc(C)cc2)N1. The van der Waals surface area contributed by atoms with E-state index in [1.165, 1.54) is 11.1 Å². The number of nitrogens with one attached hydrogen (secondary N) is 2. The first-order valence-corrected chi connectivity index (χ1v) is 7.89. The average Bonchev–Trinajstić information content (AvgIpc) is 2.89. The van der Waals surface area contributed by atoms with E-state index >= 15 is 0 Å². The highest BCUT2D eigenvalue weighted by atomic mass is 32.2. The predicted octanol–water partition coefficient (Wildman–Crippen LogP) is 2.61. The van der Waals surface area contributed by atoms with Crippen LogP contribution in [0.5, 0.6) is 0 Å². The lowest BCUT2D eigenvalue weighted by atomic mass is 10.1. The van der Waals surface area contributed by atoms with Crippen LogP contribution in [-0.4, -0.2) is 23.7 Å². The maximum Gasteiger partial charge on any atom is 0.238 e. The molecule has 3 atom stereocenters. The second-order valence-electron chi connectivity index (χ2n) is 5.16. The number of aryl methyl sites for hydroxylation is 1. The van der Waals surface area contributed by atoms with Gasteiger partial charge in [-0.2, -0.15) is 0 Å². The average molecular weight is 278 g/mol. The van der Waals surface area contributed by atoms with Crippen molar-refractivity contribution in [3.05, 3.63) is 35.4 Å². The minimum Gasteiger partial charge on any atom is -0.352 e. The Labute approximate surface area is 119 Å². The molecule has 1 aliphatic heterocycles. The molecule has 1 amide bonds. The first kappa shape index (κ1) is 14.4. The van der Waals surface area contributed by atoms with Crippen LogP contribution in [0.1, 0.15) is 36.8 Å². The van der Waals surface area contributed by atoms with Crippen LogP contribution in [0.2, 0.25) is 0 Å². The summed E-state index contributed by atoms with van der Waals surface area (Å²) in [4.78, 5) is 12.1. The van der Waals surface area contributed by atoms with Gasteiger partial charge in [0.05, 0.1) is 11.4 Å². The van der Waals surface area contributed by atoms with Gasteiger partial charge in [0.15, 0.2) is 0 Å². The summed E-state index contributed by atoms with van der Waals surface area (Å²) in [6.45, 7) is 6.20. The van der Waals surface area contributed by atoms with Crippen LogP contribution in [0.25, 0.3) is 0 Å². The number of benzene rings is 1. The van der Waals surface area contributed by atoms with Gasteiger partial charge in [-0.3, -0.25) is 10.1 Å². The first-order chi connectivity index (χ1) is 9.10. The zero-order valence-electron chi connectivity index (χ0n) is 11.8. The molecule has 0 aliphatic carbocycles. The lowest BCUT2D eigenvalue weighted by molar-refractivity contribution is -0.123. The fraction of sp³-hybridized carbons (Fsp3) is 0.533. The smallest absolute Gasteiger partial charge is 0.238 e. The van der Waals surface area contributed by atoms with Crippen LogP contribution in [0.3, 0.4) is 0 Å². The number of rotatable bonds is 4. The van der Waals surface area contributed by atoms with Crippen LogP contribution < -0.4 is 10.6 Å². The molecule has 0 bridgehead atoms. The number of hydrogen-bond donors (Lipinski definition) is 2. The summed E-state index contributed by atoms with van der Waals surface area (Å²) in [5.74, 6) is 0.956. The lowest BCUT2D eigenvalue weighted by Crippen LogP contribution is -2.45. The van der Waals surface area contributed by atoms with Crippen molar-refractivity contribution in [3.8, 4) is 0 Å². The predicted molar refractivity (Wildman–Crippen MR) is 81.2 cm³/mol. The van der Waals surface area contributed by atoms with E-state index in [1.54, 1.807) is 11.8 Å². The van der Waals surface area contributed by atoms with E-state index in [-0.39, 0.29) is 23.4 Å². The Balaban J connectivity index is 1.92. The van der Waals surface area contributed by atoms with Crippen molar-refractivity contribution < 1.29 is 4.79 Å². The molecule has 3 unspecified atom stereocenters. The summed E-state index contributed by atoms with van der Waals surface area (Å²) >= 11 is 1.80. The van der Waals surface area contributed by atoms with Crippen LogP contribution in [0, 0.1) is 6.92 Å². The Hall–Kier alpha value is -1.00. The molecule has 1 aromatic rings. The first-order valence-electron chi connectivity index (χ1n) is 6.84. The molecule has 4 heteroatoms. The third-order valence-electron chi connectivity index (χ3n) is 3.48. The molecule has 3 nitrogen and oxygen atoms in total. The van der Waals surface area contributed by atoms with Crippen molar-refractivity contribution in [2.24, 2.45) is 0 Å². The van der Waals surface area contributed by atoms with Gasteiger partial charge in [-0.1, -0.05) is 36.8 Å². The fourth-order valence-corrected chi connectivity index (χ4v) is 3.24. The standard InChI is InChI=1S/C15H22N2OS/c1-4-11(3)16-14(18)13-9-19-15(17-13)12-7-5-10(2)6-8-12/h5-8,11,13,15,17H,4,9H2,1-3H3,(H,16,18). The van der Waals surface area contributed by atoms with E-state index in [4.69, 9.17) is 0 Å². The molecular formula is C15H22N2OS. The summed E-state index contributed by atoms with van der Waals surface area (Å²) in [6, 6.07) is 8.67. The van der Waals surface area contributed by atoms with E-state index in [0.717, 1.165) is 12.2 Å². The maximum atomic E-state index is 12.1. The second-order valence-corrected chi connectivity index (χ2v) is 6.30. The van der Waals surface area contributed by atoms with Gasteiger partial charge in [-0.25, -0.2) is 0 Å². The zero-order valence-corrected chi connectivity index (χ0v) is 12.6. The Bertz CT molecular complexity index is 432. The highest BCUT2D eigenvalue weighted by molar-refractivity contribution is 7.99. The van der Waals surface area contributed by atoms with Gasteiger partial charge in [0.1, 0.15) is 0 Å². The van der Waals surface area contributed by atoms with Crippen LogP contribution in [0.4, 0.5) is 0 Å². The van der Waals surface area contributed by atoms with Gasteiger partial charge >= 0.3 is 0 Å². The van der Waals surface area contributed by atoms with Gasteiger partial charge in [0, 0.05) is 11.8 Å². The Kier molecular flexibility index (Phi) is 4.88. The van der Waals surface area contributed by atoms with Gasteiger partial charge in [0.25, 0.3) is 0 Å². The molecular weight excluding hydrogens is 256 g/mol. The molecule has 0 radical (unpaired) electrons. The molecule has 1 aliphatic rings. The maximum absolute atomic E-state index is 12.1. The van der Waals surface area contributed by atoms with E-state index in [1.807, 2.05) is 6.92 Å². The van der Waals surface area contributed by atoms with Gasteiger partial charge in [0.2, 0.25) is 5.91 Å². The monoisotopic (exact) mass is 278 g/mol. The zero-order chi connectivity index (χ0) is 13.8. The summed E-state index contributed by atoms with van der Waals surface area (Å²) in [5, 5.41) is 6.67. The highest BCUT2D eigenvalue weighted by Gasteiger charge is 2.30. The van der Waals surface area contributed by atoms with Crippen LogP contribution >= 0.6 is 11.8 Å². The molecule has 1 saturated heterocycles. The summed E-state index contributed by atoms with van der Waals surface area (Å²) in [6.07, 6.45) is 0.965. The summed E-state index contributed by atoms with van der Waals surface area (Å²) in [7, 11) is 0. The molecule has 0 saturated carbocycles. The van der Waals surface area contributed by atoms with Gasteiger partial charge in [-0.15, -0.1) is 11.8 Å². The molecule has 1 heterocycles. The van der Waals surface area contributed by atoms with Gasteiger partial charge < -0.3 is 5.32 Å². The fourth-order valence-electron chi connectivity index (χ4n) is 2.00. The topological polar surface area (TPSA) is 41.1 Å². The van der Waals surface area contributed by atoms with Crippen molar-refractivity contribution in [2.45, 2.75) is 44.6 Å². The molecule has 104 valence electrons. The number of carbonyl (C=O) groups excluding carboxylic acids is 1. The summed E-state index contributed by atoms with van der Waals surface area (Å²) in [5.41, 5.74) is 2.51. The largest absolute Gasteiger partial charge is 0.352 e. The Morgan fingerprint density at radius 2 is 2.16 bits per heavy atom. The minimum absolute atomic E-state index is 0.0784. The molecule has 2 N–H and O–H groups in total.